The monoisotopic (exact) mass is 473 g/mol. The zero-order valence-corrected chi connectivity index (χ0v) is 19.2. The van der Waals surface area contributed by atoms with Crippen LogP contribution in [0.5, 0.6) is 11.5 Å². The number of hydrogen-bond donors (Lipinski definition) is 0. The van der Waals surface area contributed by atoms with E-state index >= 15 is 0 Å². The SMILES string of the molecule is COc1cn(-c2cccc(C(F)(F)F)c2)nc1C(=O)N1CCC(Oc2c(C)cccc2C)CC1. The van der Waals surface area contributed by atoms with Crippen LogP contribution in [0.25, 0.3) is 5.69 Å². The van der Waals surface area contributed by atoms with Crippen molar-refractivity contribution in [3.8, 4) is 17.2 Å². The third-order valence-electron chi connectivity index (χ3n) is 5.96. The van der Waals surface area contributed by atoms with E-state index in [9.17, 15) is 18.0 Å². The minimum absolute atomic E-state index is 0.00610. The van der Waals surface area contributed by atoms with Gasteiger partial charge in [0.25, 0.3) is 5.91 Å². The summed E-state index contributed by atoms with van der Waals surface area (Å²) in [5.41, 5.74) is 1.60. The van der Waals surface area contributed by atoms with Gasteiger partial charge in [-0.3, -0.25) is 4.79 Å². The highest BCUT2D eigenvalue weighted by Crippen LogP contribution is 2.31. The first kappa shape index (κ1) is 23.7. The number of ether oxygens (including phenoxy) is 2. The smallest absolute Gasteiger partial charge is 0.416 e. The summed E-state index contributed by atoms with van der Waals surface area (Å²) in [5.74, 6) is 0.762. The second kappa shape index (κ2) is 9.40. The Hall–Kier alpha value is -3.49. The lowest BCUT2D eigenvalue weighted by molar-refractivity contribution is -0.137. The van der Waals surface area contributed by atoms with Crippen molar-refractivity contribution in [3.05, 3.63) is 71.0 Å². The number of para-hydroxylation sites is 1. The summed E-state index contributed by atoms with van der Waals surface area (Å²) in [6.45, 7) is 4.98. The van der Waals surface area contributed by atoms with Crippen LogP contribution in [0.2, 0.25) is 0 Å². The number of aromatic nitrogens is 2. The molecule has 0 N–H and O–H groups in total. The van der Waals surface area contributed by atoms with Gasteiger partial charge in [0.05, 0.1) is 24.6 Å². The van der Waals surface area contributed by atoms with Crippen molar-refractivity contribution >= 4 is 5.91 Å². The van der Waals surface area contributed by atoms with E-state index in [0.717, 1.165) is 29.0 Å². The maximum absolute atomic E-state index is 13.2. The molecule has 1 aromatic heterocycles. The molecule has 34 heavy (non-hydrogen) atoms. The number of aryl methyl sites for hydroxylation is 2. The lowest BCUT2D eigenvalue weighted by atomic mass is 10.1. The molecule has 1 fully saturated rings. The lowest BCUT2D eigenvalue weighted by Gasteiger charge is -2.32. The first-order valence-electron chi connectivity index (χ1n) is 11.0. The van der Waals surface area contributed by atoms with Gasteiger partial charge in [0, 0.05) is 25.9 Å². The number of carbonyl (C=O) groups is 1. The molecule has 1 aliphatic rings. The standard InChI is InChI=1S/C25H26F3N3O3/c1-16-6-4-7-17(2)23(16)34-20-10-12-30(13-11-20)24(32)22-21(33-3)15-31(29-22)19-9-5-8-18(14-19)25(26,27)28/h4-9,14-15,20H,10-13H2,1-3H3. The second-order valence-corrected chi connectivity index (χ2v) is 8.37. The maximum atomic E-state index is 13.2. The van der Waals surface area contributed by atoms with Crippen molar-refractivity contribution in [2.45, 2.75) is 39.0 Å². The fourth-order valence-electron chi connectivity index (χ4n) is 4.09. The molecule has 2 heterocycles. The van der Waals surface area contributed by atoms with Gasteiger partial charge in [-0.15, -0.1) is 0 Å². The predicted molar refractivity (Wildman–Crippen MR) is 121 cm³/mol. The number of alkyl halides is 3. The van der Waals surface area contributed by atoms with E-state index in [1.807, 2.05) is 32.0 Å². The molecule has 9 heteroatoms. The highest BCUT2D eigenvalue weighted by Gasteiger charge is 2.32. The van der Waals surface area contributed by atoms with Gasteiger partial charge in [0.15, 0.2) is 11.4 Å². The van der Waals surface area contributed by atoms with Crippen molar-refractivity contribution in [1.82, 2.24) is 14.7 Å². The first-order chi connectivity index (χ1) is 16.2. The van der Waals surface area contributed by atoms with Crippen LogP contribution in [-0.4, -0.2) is 46.9 Å². The average Bonchev–Trinajstić information content (AvgIpc) is 3.26. The number of halogens is 3. The number of rotatable bonds is 5. The Kier molecular flexibility index (Phi) is 6.54. The molecule has 1 amide bonds. The number of likely N-dealkylation sites (tertiary alicyclic amines) is 1. The van der Waals surface area contributed by atoms with E-state index in [0.29, 0.717) is 25.9 Å². The summed E-state index contributed by atoms with van der Waals surface area (Å²) in [4.78, 5) is 14.8. The molecule has 1 aliphatic heterocycles. The molecule has 0 unspecified atom stereocenters. The fourth-order valence-corrected chi connectivity index (χ4v) is 4.09. The minimum Gasteiger partial charge on any atom is -0.493 e. The summed E-state index contributed by atoms with van der Waals surface area (Å²) in [6, 6.07) is 10.8. The summed E-state index contributed by atoms with van der Waals surface area (Å²) in [6.07, 6.45) is -1.74. The third-order valence-corrected chi connectivity index (χ3v) is 5.96. The average molecular weight is 473 g/mol. The number of methoxy groups -OCH3 is 1. The van der Waals surface area contributed by atoms with Crippen molar-refractivity contribution < 1.29 is 27.4 Å². The lowest BCUT2D eigenvalue weighted by Crippen LogP contribution is -2.42. The molecule has 0 bridgehead atoms. The molecule has 0 aliphatic carbocycles. The molecule has 1 saturated heterocycles. The number of carbonyl (C=O) groups excluding carboxylic acids is 1. The van der Waals surface area contributed by atoms with Gasteiger partial charge in [-0.1, -0.05) is 24.3 Å². The second-order valence-electron chi connectivity index (χ2n) is 8.37. The zero-order valence-electron chi connectivity index (χ0n) is 19.2. The Bertz CT molecular complexity index is 1160. The number of hydrogen-bond acceptors (Lipinski definition) is 4. The largest absolute Gasteiger partial charge is 0.493 e. The predicted octanol–water partition coefficient (Wildman–Crippen LogP) is 5.20. The van der Waals surface area contributed by atoms with Crippen LogP contribution in [0.15, 0.2) is 48.7 Å². The topological polar surface area (TPSA) is 56.6 Å². The van der Waals surface area contributed by atoms with Gasteiger partial charge in [-0.05, 0) is 43.2 Å². The van der Waals surface area contributed by atoms with Gasteiger partial charge in [0.2, 0.25) is 0 Å². The molecular formula is C25H26F3N3O3. The first-order valence-corrected chi connectivity index (χ1v) is 11.0. The van der Waals surface area contributed by atoms with Crippen LogP contribution in [-0.2, 0) is 6.18 Å². The highest BCUT2D eigenvalue weighted by molar-refractivity contribution is 5.95. The van der Waals surface area contributed by atoms with E-state index in [1.165, 1.54) is 30.1 Å². The highest BCUT2D eigenvalue weighted by atomic mass is 19.4. The Balaban J connectivity index is 1.47. The van der Waals surface area contributed by atoms with Gasteiger partial charge in [-0.25, -0.2) is 4.68 Å². The molecule has 3 aromatic rings. The van der Waals surface area contributed by atoms with Crippen LogP contribution in [0, 0.1) is 13.8 Å². The number of amides is 1. The maximum Gasteiger partial charge on any atom is 0.416 e. The fraction of sp³-hybridized carbons (Fsp3) is 0.360. The molecule has 0 saturated carbocycles. The molecule has 4 rings (SSSR count). The number of nitrogens with zero attached hydrogens (tertiary/aromatic N) is 3. The molecule has 0 spiro atoms. The quantitative estimate of drug-likeness (QED) is 0.511. The molecule has 180 valence electrons. The van der Waals surface area contributed by atoms with Gasteiger partial charge in [-0.2, -0.15) is 18.3 Å². The molecule has 0 radical (unpaired) electrons. The zero-order chi connectivity index (χ0) is 24.5. The van der Waals surface area contributed by atoms with Gasteiger partial charge >= 0.3 is 6.18 Å². The van der Waals surface area contributed by atoms with Crippen molar-refractivity contribution in [2.24, 2.45) is 0 Å². The Labute approximate surface area is 195 Å². The van der Waals surface area contributed by atoms with Crippen LogP contribution < -0.4 is 9.47 Å². The summed E-state index contributed by atoms with van der Waals surface area (Å²) < 4.78 is 52.0. The molecule has 0 atom stereocenters. The van der Waals surface area contributed by atoms with Crippen molar-refractivity contribution in [2.75, 3.05) is 20.2 Å². The molecule has 2 aromatic carbocycles. The number of piperidine rings is 1. The van der Waals surface area contributed by atoms with Crippen LogP contribution in [0.4, 0.5) is 13.2 Å². The van der Waals surface area contributed by atoms with E-state index < -0.39 is 11.7 Å². The summed E-state index contributed by atoms with van der Waals surface area (Å²) >= 11 is 0. The molecule has 6 nitrogen and oxygen atoms in total. The van der Waals surface area contributed by atoms with Crippen LogP contribution in [0.3, 0.4) is 0 Å². The third kappa shape index (κ3) is 4.88. The van der Waals surface area contributed by atoms with E-state index in [1.54, 1.807) is 4.90 Å². The van der Waals surface area contributed by atoms with Crippen molar-refractivity contribution in [1.29, 1.82) is 0 Å². The van der Waals surface area contributed by atoms with E-state index in [-0.39, 0.29) is 29.1 Å². The van der Waals surface area contributed by atoms with Crippen LogP contribution >= 0.6 is 0 Å². The van der Waals surface area contributed by atoms with Crippen LogP contribution in [0.1, 0.15) is 40.0 Å². The van der Waals surface area contributed by atoms with Crippen molar-refractivity contribution in [3.63, 3.8) is 0 Å². The van der Waals surface area contributed by atoms with E-state index in [2.05, 4.69) is 5.10 Å². The van der Waals surface area contributed by atoms with Gasteiger partial charge < -0.3 is 14.4 Å². The number of benzene rings is 2. The summed E-state index contributed by atoms with van der Waals surface area (Å²) in [7, 11) is 1.40. The Morgan fingerprint density at radius 1 is 1.06 bits per heavy atom. The van der Waals surface area contributed by atoms with Gasteiger partial charge in [0.1, 0.15) is 11.9 Å². The Morgan fingerprint density at radius 2 is 1.71 bits per heavy atom. The summed E-state index contributed by atoms with van der Waals surface area (Å²) in [5, 5.41) is 4.26. The Morgan fingerprint density at radius 3 is 2.32 bits per heavy atom. The minimum atomic E-state index is -4.48. The normalized spacial score (nSPS) is 14.8. The molecular weight excluding hydrogens is 447 g/mol. The van der Waals surface area contributed by atoms with E-state index in [4.69, 9.17) is 9.47 Å².